The van der Waals surface area contributed by atoms with E-state index in [2.05, 4.69) is 18.3 Å². The average Bonchev–Trinajstić information content (AvgIpc) is 2.51. The Balaban J connectivity index is 1.87. The second-order valence-corrected chi connectivity index (χ2v) is 6.67. The second-order valence-electron chi connectivity index (χ2n) is 5.06. The van der Waals surface area contributed by atoms with Crippen LogP contribution in [0.4, 0.5) is 5.69 Å². The summed E-state index contributed by atoms with van der Waals surface area (Å²) in [6.45, 7) is 4.12. The standard InChI is InChI=1S/C18H20ClNOS/c1-3-14-6-4-5-13(2)18(14)20-17(21)11-12-22-16-9-7-15(19)8-10-16/h4-10H,3,11-12H2,1-2H3,(H,20,21). The average molecular weight is 334 g/mol. The van der Waals surface area contributed by atoms with Crippen LogP contribution in [0.2, 0.25) is 5.02 Å². The Morgan fingerprint density at radius 2 is 1.91 bits per heavy atom. The summed E-state index contributed by atoms with van der Waals surface area (Å²) in [4.78, 5) is 13.3. The summed E-state index contributed by atoms with van der Waals surface area (Å²) in [5.41, 5.74) is 3.25. The molecule has 0 aromatic heterocycles. The molecule has 0 aliphatic heterocycles. The van der Waals surface area contributed by atoms with Crippen molar-refractivity contribution < 1.29 is 4.79 Å². The van der Waals surface area contributed by atoms with Crippen molar-refractivity contribution in [1.82, 2.24) is 0 Å². The molecule has 0 heterocycles. The highest BCUT2D eigenvalue weighted by atomic mass is 35.5. The van der Waals surface area contributed by atoms with E-state index in [-0.39, 0.29) is 5.91 Å². The Kier molecular flexibility index (Phi) is 6.34. The van der Waals surface area contributed by atoms with Gasteiger partial charge in [0.05, 0.1) is 0 Å². The number of aryl methyl sites for hydroxylation is 2. The van der Waals surface area contributed by atoms with Gasteiger partial charge in [0.2, 0.25) is 5.91 Å². The van der Waals surface area contributed by atoms with Gasteiger partial charge in [-0.25, -0.2) is 0 Å². The molecule has 0 saturated heterocycles. The first-order valence-corrected chi connectivity index (χ1v) is 8.73. The lowest BCUT2D eigenvalue weighted by molar-refractivity contribution is -0.115. The number of amides is 1. The van der Waals surface area contributed by atoms with Crippen LogP contribution in [0.3, 0.4) is 0 Å². The molecular weight excluding hydrogens is 314 g/mol. The number of thioether (sulfide) groups is 1. The molecule has 0 aliphatic carbocycles. The summed E-state index contributed by atoms with van der Waals surface area (Å²) in [6, 6.07) is 13.8. The Labute approximate surface area is 141 Å². The van der Waals surface area contributed by atoms with E-state index in [0.29, 0.717) is 6.42 Å². The normalized spacial score (nSPS) is 10.5. The third-order valence-corrected chi connectivity index (χ3v) is 4.68. The van der Waals surface area contributed by atoms with E-state index in [1.165, 1.54) is 5.56 Å². The maximum Gasteiger partial charge on any atom is 0.225 e. The molecule has 0 spiro atoms. The van der Waals surface area contributed by atoms with Crippen molar-refractivity contribution in [3.8, 4) is 0 Å². The van der Waals surface area contributed by atoms with E-state index in [0.717, 1.165) is 33.3 Å². The molecule has 1 N–H and O–H groups in total. The molecule has 1 amide bonds. The van der Waals surface area contributed by atoms with Crippen LogP contribution in [-0.2, 0) is 11.2 Å². The molecule has 0 bridgehead atoms. The highest BCUT2D eigenvalue weighted by Gasteiger charge is 2.08. The van der Waals surface area contributed by atoms with Crippen molar-refractivity contribution in [2.45, 2.75) is 31.6 Å². The maximum atomic E-state index is 12.1. The molecule has 0 saturated carbocycles. The molecule has 2 aromatic carbocycles. The van der Waals surface area contributed by atoms with Gasteiger partial charge in [0.15, 0.2) is 0 Å². The number of nitrogens with one attached hydrogen (secondary N) is 1. The van der Waals surface area contributed by atoms with Crippen LogP contribution in [0.25, 0.3) is 0 Å². The van der Waals surface area contributed by atoms with E-state index in [9.17, 15) is 4.79 Å². The van der Waals surface area contributed by atoms with Crippen molar-refractivity contribution in [2.75, 3.05) is 11.1 Å². The number of hydrogen-bond donors (Lipinski definition) is 1. The second kappa shape index (κ2) is 8.25. The molecule has 0 radical (unpaired) electrons. The van der Waals surface area contributed by atoms with Crippen molar-refractivity contribution in [2.24, 2.45) is 0 Å². The number of carbonyl (C=O) groups is 1. The number of carbonyl (C=O) groups excluding carboxylic acids is 1. The first-order chi connectivity index (χ1) is 10.6. The summed E-state index contributed by atoms with van der Waals surface area (Å²) < 4.78 is 0. The van der Waals surface area contributed by atoms with Gasteiger partial charge in [0, 0.05) is 27.8 Å². The lowest BCUT2D eigenvalue weighted by Gasteiger charge is -2.12. The number of halogens is 1. The SMILES string of the molecule is CCc1cccc(C)c1NC(=O)CCSc1ccc(Cl)cc1. The van der Waals surface area contributed by atoms with Crippen molar-refractivity contribution in [3.63, 3.8) is 0 Å². The zero-order valence-electron chi connectivity index (χ0n) is 12.9. The van der Waals surface area contributed by atoms with E-state index >= 15 is 0 Å². The van der Waals surface area contributed by atoms with Crippen LogP contribution >= 0.6 is 23.4 Å². The van der Waals surface area contributed by atoms with Gasteiger partial charge in [-0.15, -0.1) is 11.8 Å². The first-order valence-electron chi connectivity index (χ1n) is 7.37. The zero-order chi connectivity index (χ0) is 15.9. The summed E-state index contributed by atoms with van der Waals surface area (Å²) in [6.07, 6.45) is 1.40. The van der Waals surface area contributed by atoms with Gasteiger partial charge in [-0.2, -0.15) is 0 Å². The van der Waals surface area contributed by atoms with E-state index in [1.54, 1.807) is 11.8 Å². The lowest BCUT2D eigenvalue weighted by atomic mass is 10.1. The molecule has 0 aliphatic rings. The molecule has 0 atom stereocenters. The van der Waals surface area contributed by atoms with Gasteiger partial charge in [-0.1, -0.05) is 36.7 Å². The van der Waals surface area contributed by atoms with E-state index in [1.807, 2.05) is 43.3 Å². The Morgan fingerprint density at radius 3 is 2.59 bits per heavy atom. The zero-order valence-corrected chi connectivity index (χ0v) is 14.4. The molecule has 0 fully saturated rings. The van der Waals surface area contributed by atoms with E-state index < -0.39 is 0 Å². The van der Waals surface area contributed by atoms with Gasteiger partial charge >= 0.3 is 0 Å². The van der Waals surface area contributed by atoms with Crippen LogP contribution < -0.4 is 5.32 Å². The maximum absolute atomic E-state index is 12.1. The number of para-hydroxylation sites is 1. The number of anilines is 1. The topological polar surface area (TPSA) is 29.1 Å². The summed E-state index contributed by atoms with van der Waals surface area (Å²) in [7, 11) is 0. The van der Waals surface area contributed by atoms with Crippen LogP contribution in [0.1, 0.15) is 24.5 Å². The minimum atomic E-state index is 0.0606. The molecule has 116 valence electrons. The Hall–Kier alpha value is -1.45. The Morgan fingerprint density at radius 1 is 1.18 bits per heavy atom. The number of benzene rings is 2. The van der Waals surface area contributed by atoms with Crippen LogP contribution in [0, 0.1) is 6.92 Å². The highest BCUT2D eigenvalue weighted by Crippen LogP contribution is 2.23. The monoisotopic (exact) mass is 333 g/mol. The van der Waals surface area contributed by atoms with Crippen molar-refractivity contribution in [1.29, 1.82) is 0 Å². The van der Waals surface area contributed by atoms with Crippen molar-refractivity contribution >= 4 is 35.0 Å². The van der Waals surface area contributed by atoms with Crippen LogP contribution in [0.5, 0.6) is 0 Å². The van der Waals surface area contributed by atoms with Gasteiger partial charge in [0.25, 0.3) is 0 Å². The van der Waals surface area contributed by atoms with Gasteiger partial charge < -0.3 is 5.32 Å². The predicted molar refractivity (Wildman–Crippen MR) is 96.0 cm³/mol. The van der Waals surface area contributed by atoms with Crippen LogP contribution in [-0.4, -0.2) is 11.7 Å². The van der Waals surface area contributed by atoms with E-state index in [4.69, 9.17) is 11.6 Å². The molecule has 0 unspecified atom stereocenters. The summed E-state index contributed by atoms with van der Waals surface area (Å²) in [5, 5.41) is 3.78. The third kappa shape index (κ3) is 4.79. The highest BCUT2D eigenvalue weighted by molar-refractivity contribution is 7.99. The van der Waals surface area contributed by atoms with Gasteiger partial charge in [-0.3, -0.25) is 4.79 Å². The predicted octanol–water partition coefficient (Wildman–Crippen LogP) is 5.33. The van der Waals surface area contributed by atoms with Gasteiger partial charge in [0.1, 0.15) is 0 Å². The lowest BCUT2D eigenvalue weighted by Crippen LogP contribution is -2.14. The minimum absolute atomic E-state index is 0.0606. The molecule has 2 rings (SSSR count). The van der Waals surface area contributed by atoms with Crippen molar-refractivity contribution in [3.05, 3.63) is 58.6 Å². The van der Waals surface area contributed by atoms with Crippen LogP contribution in [0.15, 0.2) is 47.4 Å². The number of hydrogen-bond acceptors (Lipinski definition) is 2. The van der Waals surface area contributed by atoms with Gasteiger partial charge in [-0.05, 0) is 48.7 Å². The molecule has 22 heavy (non-hydrogen) atoms. The summed E-state index contributed by atoms with van der Waals surface area (Å²) >= 11 is 7.52. The fourth-order valence-electron chi connectivity index (χ4n) is 2.20. The number of rotatable bonds is 6. The third-order valence-electron chi connectivity index (χ3n) is 3.42. The smallest absolute Gasteiger partial charge is 0.225 e. The minimum Gasteiger partial charge on any atom is -0.326 e. The fourth-order valence-corrected chi connectivity index (χ4v) is 3.17. The molecule has 4 heteroatoms. The molecule has 2 nitrogen and oxygen atoms in total. The largest absolute Gasteiger partial charge is 0.326 e. The first kappa shape index (κ1) is 16.9. The molecular formula is C18H20ClNOS. The fraction of sp³-hybridized carbons (Fsp3) is 0.278. The Bertz CT molecular complexity index is 640. The quantitative estimate of drug-likeness (QED) is 0.724. The molecule has 2 aromatic rings. The summed E-state index contributed by atoms with van der Waals surface area (Å²) in [5.74, 6) is 0.811.